The summed E-state index contributed by atoms with van der Waals surface area (Å²) in [6.07, 6.45) is 1.08. The number of hydrogen-bond donors (Lipinski definition) is 3. The Morgan fingerprint density at radius 3 is 2.50 bits per heavy atom. The second-order valence-electron chi connectivity index (χ2n) is 1.58. The summed E-state index contributed by atoms with van der Waals surface area (Å²) in [6, 6.07) is 0. The third-order valence-corrected chi connectivity index (χ3v) is 3.10. The van der Waals surface area contributed by atoms with Crippen LogP contribution in [0.4, 0.5) is 5.13 Å². The molecule has 1 aromatic rings. The number of hydrogen-bond acceptors (Lipinski definition) is 4. The smallest absolute Gasteiger partial charge is 0.367 e. The van der Waals surface area contributed by atoms with Gasteiger partial charge in [0.1, 0.15) is 4.62 Å². The van der Waals surface area contributed by atoms with Gasteiger partial charge in [-0.15, -0.1) is 0 Å². The Bertz CT molecular complexity index is 279. The molecule has 0 atom stereocenters. The van der Waals surface area contributed by atoms with Crippen molar-refractivity contribution in [2.45, 2.75) is 0 Å². The molecule has 5 nitrogen and oxygen atoms in total. The summed E-state index contributed by atoms with van der Waals surface area (Å²) in [7, 11) is -4.12. The maximum absolute atomic E-state index is 10.5. The molecule has 0 bridgehead atoms. The number of rotatable bonds is 1. The lowest BCUT2D eigenvalue weighted by molar-refractivity contribution is 0.388. The number of aromatic nitrogens is 1. The minimum atomic E-state index is -4.12. The van der Waals surface area contributed by atoms with E-state index in [4.69, 9.17) is 15.5 Å². The molecule has 0 saturated heterocycles. The summed E-state index contributed by atoms with van der Waals surface area (Å²) >= 11 is 0.798. The van der Waals surface area contributed by atoms with Crippen LogP contribution in [0.1, 0.15) is 0 Å². The molecule has 0 aliphatic rings. The van der Waals surface area contributed by atoms with Gasteiger partial charge in [-0.25, -0.2) is 4.98 Å². The summed E-state index contributed by atoms with van der Waals surface area (Å²) in [5, 5.41) is 0.165. The van der Waals surface area contributed by atoms with Gasteiger partial charge in [0.15, 0.2) is 5.13 Å². The van der Waals surface area contributed by atoms with E-state index in [0.29, 0.717) is 0 Å². The van der Waals surface area contributed by atoms with Gasteiger partial charge in [-0.3, -0.25) is 4.57 Å². The SMILES string of the molecule is Nc1ncc(P(=O)(O)O)s1. The summed E-state index contributed by atoms with van der Waals surface area (Å²) in [4.78, 5) is 20.5. The van der Waals surface area contributed by atoms with Gasteiger partial charge in [-0.2, -0.15) is 0 Å². The summed E-state index contributed by atoms with van der Waals surface area (Å²) in [6.45, 7) is 0. The predicted molar refractivity (Wildman–Crippen MR) is 38.2 cm³/mol. The Kier molecular flexibility index (Phi) is 1.78. The average molecular weight is 180 g/mol. The van der Waals surface area contributed by atoms with Crippen molar-refractivity contribution in [3.8, 4) is 0 Å². The van der Waals surface area contributed by atoms with E-state index >= 15 is 0 Å². The Morgan fingerprint density at radius 1 is 1.70 bits per heavy atom. The van der Waals surface area contributed by atoms with E-state index < -0.39 is 7.60 Å². The van der Waals surface area contributed by atoms with Crippen molar-refractivity contribution in [3.05, 3.63) is 6.20 Å². The van der Waals surface area contributed by atoms with Gasteiger partial charge >= 0.3 is 7.60 Å². The van der Waals surface area contributed by atoms with Crippen LogP contribution in [0.2, 0.25) is 0 Å². The predicted octanol–water partition coefficient (Wildman–Crippen LogP) is -0.472. The normalized spacial score (nSPS) is 11.8. The minimum Gasteiger partial charge on any atom is -0.375 e. The molecule has 0 fully saturated rings. The van der Waals surface area contributed by atoms with Gasteiger partial charge in [0.05, 0.1) is 6.20 Å². The van der Waals surface area contributed by atoms with E-state index in [1.165, 1.54) is 0 Å². The first-order valence-corrected chi connectivity index (χ1v) is 4.70. The number of anilines is 1. The molecule has 4 N–H and O–H groups in total. The fourth-order valence-corrected chi connectivity index (χ4v) is 1.80. The van der Waals surface area contributed by atoms with E-state index in [-0.39, 0.29) is 9.75 Å². The number of nitrogen functional groups attached to an aromatic ring is 1. The van der Waals surface area contributed by atoms with Crippen molar-refractivity contribution in [1.82, 2.24) is 4.98 Å². The van der Waals surface area contributed by atoms with E-state index in [1.807, 2.05) is 0 Å². The van der Waals surface area contributed by atoms with Crippen molar-refractivity contribution in [3.63, 3.8) is 0 Å². The van der Waals surface area contributed by atoms with Gasteiger partial charge in [0.2, 0.25) is 0 Å². The molecule has 1 rings (SSSR count). The molecule has 0 amide bonds. The Hall–Kier alpha value is -0.420. The zero-order valence-electron chi connectivity index (χ0n) is 4.76. The molecule has 0 spiro atoms. The van der Waals surface area contributed by atoms with E-state index in [0.717, 1.165) is 17.5 Å². The van der Waals surface area contributed by atoms with Gasteiger partial charge in [0.25, 0.3) is 0 Å². The zero-order chi connectivity index (χ0) is 7.78. The molecule has 7 heteroatoms. The van der Waals surface area contributed by atoms with Crippen LogP contribution < -0.4 is 10.4 Å². The molecule has 56 valence electrons. The highest BCUT2D eigenvalue weighted by atomic mass is 32.1. The monoisotopic (exact) mass is 180 g/mol. The molecule has 0 radical (unpaired) electrons. The molecule has 0 saturated carbocycles. The molecule has 0 aliphatic heterocycles. The molecule has 1 heterocycles. The van der Waals surface area contributed by atoms with Crippen LogP contribution >= 0.6 is 18.9 Å². The topological polar surface area (TPSA) is 96.4 Å². The molecular formula is C3H5N2O3PS. The molecule has 0 aromatic carbocycles. The highest BCUT2D eigenvalue weighted by molar-refractivity contribution is 7.67. The Labute approximate surface area is 60.7 Å². The second-order valence-corrected chi connectivity index (χ2v) is 4.52. The third-order valence-electron chi connectivity index (χ3n) is 0.798. The molecule has 10 heavy (non-hydrogen) atoms. The fraction of sp³-hybridized carbons (Fsp3) is 0. The van der Waals surface area contributed by atoms with Gasteiger partial charge < -0.3 is 15.5 Å². The minimum absolute atomic E-state index is 0.0926. The first-order chi connectivity index (χ1) is 4.50. The van der Waals surface area contributed by atoms with Crippen LogP contribution in [0.3, 0.4) is 0 Å². The summed E-state index contributed by atoms with van der Waals surface area (Å²) in [5.74, 6) is 0. The van der Waals surface area contributed by atoms with E-state index in [1.54, 1.807) is 0 Å². The number of nitrogens with zero attached hydrogens (tertiary/aromatic N) is 1. The van der Waals surface area contributed by atoms with Crippen molar-refractivity contribution in [2.24, 2.45) is 0 Å². The maximum atomic E-state index is 10.5. The van der Waals surface area contributed by atoms with Crippen LogP contribution in [0, 0.1) is 0 Å². The standard InChI is InChI=1S/C3H5N2O3PS/c4-3-5-1-2(10-3)9(6,7)8/h1H,(H2,4,5)(H2,6,7,8). The summed E-state index contributed by atoms with van der Waals surface area (Å²) in [5.41, 5.74) is 5.14. The van der Waals surface area contributed by atoms with Gasteiger partial charge in [0, 0.05) is 0 Å². The lowest BCUT2D eigenvalue weighted by Gasteiger charge is -1.94. The zero-order valence-corrected chi connectivity index (χ0v) is 6.47. The van der Waals surface area contributed by atoms with Crippen molar-refractivity contribution in [2.75, 3.05) is 5.73 Å². The third kappa shape index (κ3) is 1.54. The largest absolute Gasteiger partial charge is 0.375 e. The highest BCUT2D eigenvalue weighted by Gasteiger charge is 2.19. The fourth-order valence-electron chi connectivity index (χ4n) is 0.413. The van der Waals surface area contributed by atoms with Crippen LogP contribution in [0.25, 0.3) is 0 Å². The Morgan fingerprint density at radius 2 is 2.30 bits per heavy atom. The number of nitrogens with two attached hydrogens (primary N) is 1. The van der Waals surface area contributed by atoms with Crippen molar-refractivity contribution < 1.29 is 14.4 Å². The van der Waals surface area contributed by atoms with Gasteiger partial charge in [-0.1, -0.05) is 11.3 Å². The number of thiazole rings is 1. The molecular weight excluding hydrogens is 175 g/mol. The maximum Gasteiger partial charge on any atom is 0.367 e. The molecule has 0 unspecified atom stereocenters. The van der Waals surface area contributed by atoms with Crippen LogP contribution in [0.5, 0.6) is 0 Å². The first kappa shape index (κ1) is 7.68. The first-order valence-electron chi connectivity index (χ1n) is 2.27. The highest BCUT2D eigenvalue weighted by Crippen LogP contribution is 2.35. The van der Waals surface area contributed by atoms with Crippen LogP contribution in [-0.4, -0.2) is 14.8 Å². The van der Waals surface area contributed by atoms with Crippen molar-refractivity contribution >= 4 is 28.7 Å². The lowest BCUT2D eigenvalue weighted by Crippen LogP contribution is -1.95. The quantitative estimate of drug-likeness (QED) is 0.507. The van der Waals surface area contributed by atoms with Crippen molar-refractivity contribution in [1.29, 1.82) is 0 Å². The average Bonchev–Trinajstić information content (AvgIpc) is 2.11. The molecule has 0 aliphatic carbocycles. The van der Waals surface area contributed by atoms with Crippen LogP contribution in [-0.2, 0) is 4.57 Å². The van der Waals surface area contributed by atoms with Gasteiger partial charge in [-0.05, 0) is 0 Å². The van der Waals surface area contributed by atoms with E-state index in [9.17, 15) is 4.57 Å². The van der Waals surface area contributed by atoms with Crippen LogP contribution in [0.15, 0.2) is 6.20 Å². The Balaban J connectivity index is 3.08. The van der Waals surface area contributed by atoms with E-state index in [2.05, 4.69) is 4.98 Å². The summed E-state index contributed by atoms with van der Waals surface area (Å²) < 4.78 is 10.4. The lowest BCUT2D eigenvalue weighted by atomic mass is 11.0. The second kappa shape index (κ2) is 2.32. The molecule has 1 aromatic heterocycles.